The topological polar surface area (TPSA) is 109 Å². The fourth-order valence-electron chi connectivity index (χ4n) is 4.02. The maximum atomic E-state index is 13.8. The van der Waals surface area contributed by atoms with Crippen molar-refractivity contribution in [3.63, 3.8) is 0 Å². The maximum absolute atomic E-state index is 13.8. The highest BCUT2D eigenvalue weighted by Crippen LogP contribution is 2.40. The molecule has 0 atom stereocenters. The Morgan fingerprint density at radius 3 is 1.47 bits per heavy atom. The summed E-state index contributed by atoms with van der Waals surface area (Å²) in [5.74, 6) is -0.515. The van der Waals surface area contributed by atoms with Crippen molar-refractivity contribution in [2.45, 2.75) is 9.79 Å². The molecule has 0 unspecified atom stereocenters. The molecule has 5 rings (SSSR count). The molecule has 0 amide bonds. The van der Waals surface area contributed by atoms with Gasteiger partial charge in [0.1, 0.15) is 0 Å². The molecular formula is C25H17NO6S2. The monoisotopic (exact) mass is 491 g/mol. The molecule has 34 heavy (non-hydrogen) atoms. The maximum Gasteiger partial charge on any atom is 0.294 e. The molecule has 7 nitrogen and oxygen atoms in total. The van der Waals surface area contributed by atoms with Gasteiger partial charge in [0.25, 0.3) is 20.1 Å². The molecule has 9 heteroatoms. The van der Waals surface area contributed by atoms with Crippen molar-refractivity contribution in [2.75, 3.05) is 4.31 Å². The summed E-state index contributed by atoms with van der Waals surface area (Å²) in [6.45, 7) is 0. The Labute approximate surface area is 196 Å². The SMILES string of the molecule is O=C1c2cc(S(=O)(=O)O)ccc2-c2ccc(S(=O)(=O)N(c3ccccc3)c3ccccc3)cc21. The van der Waals surface area contributed by atoms with Crippen LogP contribution >= 0.6 is 0 Å². The van der Waals surface area contributed by atoms with E-state index in [-0.39, 0.29) is 16.0 Å². The van der Waals surface area contributed by atoms with Crippen LogP contribution in [-0.4, -0.2) is 27.2 Å². The summed E-state index contributed by atoms with van der Waals surface area (Å²) in [7, 11) is -8.62. The van der Waals surface area contributed by atoms with E-state index in [9.17, 15) is 26.2 Å². The van der Waals surface area contributed by atoms with Crippen LogP contribution in [0.15, 0.2) is 107 Å². The van der Waals surface area contributed by atoms with Crippen LogP contribution in [0.5, 0.6) is 0 Å². The number of sulfonamides is 1. The number of nitrogens with zero attached hydrogens (tertiary/aromatic N) is 1. The summed E-state index contributed by atoms with van der Waals surface area (Å²) in [6, 6.07) is 25.2. The van der Waals surface area contributed by atoms with Gasteiger partial charge in [-0.25, -0.2) is 12.7 Å². The Bertz CT molecular complexity index is 1610. The van der Waals surface area contributed by atoms with Crippen molar-refractivity contribution in [3.05, 3.63) is 108 Å². The minimum Gasteiger partial charge on any atom is -0.289 e. The van der Waals surface area contributed by atoms with Gasteiger partial charge < -0.3 is 0 Å². The van der Waals surface area contributed by atoms with E-state index < -0.39 is 30.8 Å². The predicted molar refractivity (Wildman–Crippen MR) is 127 cm³/mol. The lowest BCUT2D eigenvalue weighted by Crippen LogP contribution is -2.26. The van der Waals surface area contributed by atoms with Crippen LogP contribution in [0.1, 0.15) is 15.9 Å². The largest absolute Gasteiger partial charge is 0.294 e. The van der Waals surface area contributed by atoms with Crippen molar-refractivity contribution >= 4 is 37.3 Å². The normalized spacial score (nSPS) is 12.8. The van der Waals surface area contributed by atoms with Gasteiger partial charge in [-0.3, -0.25) is 9.35 Å². The molecular weight excluding hydrogens is 474 g/mol. The molecule has 1 aliphatic carbocycles. The average Bonchev–Trinajstić information content (AvgIpc) is 3.11. The lowest BCUT2D eigenvalue weighted by molar-refractivity contribution is 0.104. The Morgan fingerprint density at radius 2 is 1.00 bits per heavy atom. The van der Waals surface area contributed by atoms with Gasteiger partial charge in [-0.1, -0.05) is 48.5 Å². The van der Waals surface area contributed by atoms with E-state index in [0.29, 0.717) is 22.5 Å². The molecule has 170 valence electrons. The third-order valence-electron chi connectivity index (χ3n) is 5.58. The van der Waals surface area contributed by atoms with Crippen LogP contribution in [0.3, 0.4) is 0 Å². The highest BCUT2D eigenvalue weighted by molar-refractivity contribution is 7.93. The minimum absolute atomic E-state index is 0.0858. The van der Waals surface area contributed by atoms with Gasteiger partial charge in [0.05, 0.1) is 21.2 Å². The number of hydrogen-bond acceptors (Lipinski definition) is 5. The van der Waals surface area contributed by atoms with E-state index in [4.69, 9.17) is 0 Å². The Balaban J connectivity index is 1.64. The van der Waals surface area contributed by atoms with Gasteiger partial charge in [0.2, 0.25) is 0 Å². The zero-order valence-electron chi connectivity index (χ0n) is 17.5. The van der Waals surface area contributed by atoms with Crippen molar-refractivity contribution in [1.29, 1.82) is 0 Å². The van der Waals surface area contributed by atoms with E-state index in [0.717, 1.165) is 6.07 Å². The van der Waals surface area contributed by atoms with Gasteiger partial charge in [0.15, 0.2) is 5.78 Å². The zero-order valence-corrected chi connectivity index (χ0v) is 19.1. The summed E-state index contributed by atoms with van der Waals surface area (Å²) < 4.78 is 61.1. The first-order chi connectivity index (χ1) is 16.2. The third-order valence-corrected chi connectivity index (χ3v) is 8.18. The first-order valence-corrected chi connectivity index (χ1v) is 13.0. The van der Waals surface area contributed by atoms with Gasteiger partial charge in [-0.2, -0.15) is 8.42 Å². The summed E-state index contributed by atoms with van der Waals surface area (Å²) in [4.78, 5) is 12.6. The molecule has 4 aromatic carbocycles. The second-order valence-corrected chi connectivity index (χ2v) is 10.9. The number of ketones is 1. The molecule has 0 saturated carbocycles. The average molecular weight is 492 g/mol. The molecule has 0 radical (unpaired) electrons. The molecule has 0 spiro atoms. The first kappa shape index (κ1) is 22.0. The lowest BCUT2D eigenvalue weighted by Gasteiger charge is -2.25. The van der Waals surface area contributed by atoms with E-state index in [1.54, 1.807) is 60.7 Å². The number of para-hydroxylation sites is 2. The second kappa shape index (κ2) is 7.91. The number of anilines is 2. The Hall–Kier alpha value is -3.79. The van der Waals surface area contributed by atoms with Gasteiger partial charge in [0, 0.05) is 11.1 Å². The molecule has 0 fully saturated rings. The summed E-state index contributed by atoms with van der Waals surface area (Å²) in [5, 5.41) is 0. The quantitative estimate of drug-likeness (QED) is 0.358. The number of carbonyl (C=O) groups excluding carboxylic acids is 1. The van der Waals surface area contributed by atoms with Crippen LogP contribution in [0.25, 0.3) is 11.1 Å². The van der Waals surface area contributed by atoms with Crippen molar-refractivity contribution < 1.29 is 26.2 Å². The van der Waals surface area contributed by atoms with Crippen LogP contribution < -0.4 is 4.31 Å². The molecule has 0 aliphatic heterocycles. The van der Waals surface area contributed by atoms with E-state index >= 15 is 0 Å². The Morgan fingerprint density at radius 1 is 0.559 bits per heavy atom. The number of rotatable bonds is 5. The number of benzene rings is 4. The van der Waals surface area contributed by atoms with Crippen molar-refractivity contribution in [1.82, 2.24) is 0 Å². The van der Waals surface area contributed by atoms with Crippen molar-refractivity contribution in [3.8, 4) is 11.1 Å². The smallest absolute Gasteiger partial charge is 0.289 e. The van der Waals surface area contributed by atoms with E-state index in [2.05, 4.69) is 0 Å². The molecule has 0 heterocycles. The highest BCUT2D eigenvalue weighted by Gasteiger charge is 2.32. The van der Waals surface area contributed by atoms with Gasteiger partial charge in [-0.05, 0) is 59.7 Å². The fourth-order valence-corrected chi connectivity index (χ4v) is 6.04. The lowest BCUT2D eigenvalue weighted by atomic mass is 10.1. The standard InChI is InChI=1S/C25H17NO6S2/c27-25-23-15-19(11-13-21(23)22-14-12-20(16-24(22)25)34(30,31)32)33(28,29)26(17-7-3-1-4-8-17)18-9-5-2-6-10-18/h1-16H,(H,30,31,32). The summed E-state index contributed by atoms with van der Waals surface area (Å²) >= 11 is 0. The van der Waals surface area contributed by atoms with Crippen molar-refractivity contribution in [2.24, 2.45) is 0 Å². The minimum atomic E-state index is -4.49. The summed E-state index contributed by atoms with van der Waals surface area (Å²) in [5.41, 5.74) is 2.06. The molecule has 0 saturated heterocycles. The molecule has 0 aromatic heterocycles. The van der Waals surface area contributed by atoms with Crippen LogP contribution in [-0.2, 0) is 20.1 Å². The predicted octanol–water partition coefficient (Wildman–Crippen LogP) is 4.67. The molecule has 1 aliphatic rings. The van der Waals surface area contributed by atoms with E-state index in [1.165, 1.54) is 34.6 Å². The highest BCUT2D eigenvalue weighted by atomic mass is 32.2. The van der Waals surface area contributed by atoms with E-state index in [1.807, 2.05) is 0 Å². The molecule has 0 bridgehead atoms. The third kappa shape index (κ3) is 3.60. The van der Waals surface area contributed by atoms with Gasteiger partial charge >= 0.3 is 0 Å². The summed E-state index contributed by atoms with van der Waals surface area (Å²) in [6.07, 6.45) is 0. The van der Waals surface area contributed by atoms with Crippen LogP contribution in [0.2, 0.25) is 0 Å². The first-order valence-electron chi connectivity index (χ1n) is 10.1. The molecule has 4 aromatic rings. The van der Waals surface area contributed by atoms with Crippen LogP contribution in [0.4, 0.5) is 11.4 Å². The number of carbonyl (C=O) groups is 1. The number of hydrogen-bond donors (Lipinski definition) is 1. The zero-order chi connectivity index (χ0) is 24.1. The van der Waals surface area contributed by atoms with Crippen LogP contribution in [0, 0.1) is 0 Å². The Kier molecular flexibility index (Phi) is 5.12. The van der Waals surface area contributed by atoms with Gasteiger partial charge in [-0.15, -0.1) is 0 Å². The fraction of sp³-hybridized carbons (Fsp3) is 0. The second-order valence-electron chi connectivity index (χ2n) is 7.66. The number of fused-ring (bicyclic) bond motifs is 3. The molecule has 1 N–H and O–H groups in total.